The molecule has 0 spiro atoms. The third-order valence-corrected chi connectivity index (χ3v) is 6.06. The van der Waals surface area contributed by atoms with Crippen molar-refractivity contribution in [2.45, 2.75) is 39.2 Å². The second kappa shape index (κ2) is 6.73. The van der Waals surface area contributed by atoms with E-state index in [9.17, 15) is 4.79 Å². The number of hydrogen-bond acceptors (Lipinski definition) is 4. The molecule has 0 bridgehead atoms. The molecule has 0 unspecified atom stereocenters. The van der Waals surface area contributed by atoms with Crippen molar-refractivity contribution in [2.75, 3.05) is 13.7 Å². The lowest BCUT2D eigenvalue weighted by molar-refractivity contribution is 0.186. The molecule has 1 aliphatic carbocycles. The average molecular weight is 354 g/mol. The molecule has 4 rings (SSSR count). The second-order valence-electron chi connectivity index (χ2n) is 6.65. The molecule has 0 fully saturated rings. The number of aromatic nitrogens is 2. The summed E-state index contributed by atoms with van der Waals surface area (Å²) in [6.45, 7) is 3.08. The van der Waals surface area contributed by atoms with E-state index in [-0.39, 0.29) is 5.56 Å². The van der Waals surface area contributed by atoms with Crippen LogP contribution in [0.5, 0.6) is 0 Å². The molecular formula is C20H22N2O2S. The maximum Gasteiger partial charge on any atom is 0.262 e. The number of nitrogens with zero attached hydrogens (tertiary/aromatic N) is 2. The van der Waals surface area contributed by atoms with Gasteiger partial charge in [-0.25, -0.2) is 4.98 Å². The van der Waals surface area contributed by atoms with Gasteiger partial charge in [0.15, 0.2) is 0 Å². The zero-order valence-corrected chi connectivity index (χ0v) is 15.5. The van der Waals surface area contributed by atoms with Gasteiger partial charge in [-0.05, 0) is 44.2 Å². The van der Waals surface area contributed by atoms with Gasteiger partial charge in [-0.3, -0.25) is 9.36 Å². The molecule has 0 N–H and O–H groups in total. The zero-order chi connectivity index (χ0) is 17.4. The van der Waals surface area contributed by atoms with Gasteiger partial charge in [0.25, 0.3) is 5.56 Å². The van der Waals surface area contributed by atoms with E-state index in [2.05, 4.69) is 19.1 Å². The number of methoxy groups -OCH3 is 1. The van der Waals surface area contributed by atoms with Gasteiger partial charge in [-0.15, -0.1) is 11.3 Å². The summed E-state index contributed by atoms with van der Waals surface area (Å²) >= 11 is 1.70. The third-order valence-electron chi connectivity index (χ3n) is 4.87. The summed E-state index contributed by atoms with van der Waals surface area (Å²) in [6, 6.07) is 8.19. The minimum Gasteiger partial charge on any atom is -0.383 e. The Morgan fingerprint density at radius 2 is 2.12 bits per heavy atom. The third kappa shape index (κ3) is 2.92. The van der Waals surface area contributed by atoms with E-state index in [0.717, 1.165) is 46.4 Å². The van der Waals surface area contributed by atoms with E-state index in [4.69, 9.17) is 9.72 Å². The Morgan fingerprint density at radius 3 is 2.92 bits per heavy atom. The van der Waals surface area contributed by atoms with Crippen LogP contribution in [-0.2, 0) is 24.1 Å². The van der Waals surface area contributed by atoms with Gasteiger partial charge in [0.05, 0.1) is 18.5 Å². The normalized spacial score (nSPS) is 14.0. The van der Waals surface area contributed by atoms with E-state index in [0.29, 0.717) is 13.2 Å². The van der Waals surface area contributed by atoms with Crippen molar-refractivity contribution >= 4 is 21.6 Å². The standard InChI is InChI=1S/C20H22N2O2S/c1-13-6-5-7-14(12-13)18-21-19-17(20(23)22(18)10-11-24-2)15-8-3-4-9-16(15)25-19/h5-7,12H,3-4,8-11H2,1-2H3. The minimum absolute atomic E-state index is 0.0814. The van der Waals surface area contributed by atoms with Gasteiger partial charge < -0.3 is 4.74 Å². The van der Waals surface area contributed by atoms with Crippen molar-refractivity contribution in [1.82, 2.24) is 9.55 Å². The zero-order valence-electron chi connectivity index (χ0n) is 14.7. The number of fused-ring (bicyclic) bond motifs is 3. The highest BCUT2D eigenvalue weighted by Gasteiger charge is 2.22. The molecular weight excluding hydrogens is 332 g/mol. The van der Waals surface area contributed by atoms with Crippen LogP contribution >= 0.6 is 11.3 Å². The van der Waals surface area contributed by atoms with E-state index in [1.165, 1.54) is 16.9 Å². The van der Waals surface area contributed by atoms with Crippen LogP contribution in [0.1, 0.15) is 28.8 Å². The Hall–Kier alpha value is -1.98. The Kier molecular flexibility index (Phi) is 4.44. The molecule has 3 aromatic rings. The molecule has 0 amide bonds. The second-order valence-corrected chi connectivity index (χ2v) is 7.73. The molecule has 4 nitrogen and oxygen atoms in total. The molecule has 0 radical (unpaired) electrons. The highest BCUT2D eigenvalue weighted by molar-refractivity contribution is 7.18. The van der Waals surface area contributed by atoms with Gasteiger partial charge in [-0.2, -0.15) is 0 Å². The number of thiophene rings is 1. The first kappa shape index (κ1) is 16.5. The van der Waals surface area contributed by atoms with Gasteiger partial charge in [0.2, 0.25) is 0 Å². The molecule has 0 atom stereocenters. The largest absolute Gasteiger partial charge is 0.383 e. The predicted molar refractivity (Wildman–Crippen MR) is 103 cm³/mol. The number of rotatable bonds is 4. The van der Waals surface area contributed by atoms with Crippen LogP contribution in [0.4, 0.5) is 0 Å². The summed E-state index contributed by atoms with van der Waals surface area (Å²) in [7, 11) is 1.66. The van der Waals surface area contributed by atoms with Crippen LogP contribution in [0.3, 0.4) is 0 Å². The Labute approximate surface area is 151 Å². The van der Waals surface area contributed by atoms with Crippen LogP contribution in [0, 0.1) is 6.92 Å². The molecule has 1 aliphatic rings. The molecule has 25 heavy (non-hydrogen) atoms. The summed E-state index contributed by atoms with van der Waals surface area (Å²) in [6.07, 6.45) is 4.45. The number of benzene rings is 1. The highest BCUT2D eigenvalue weighted by atomic mass is 32.1. The van der Waals surface area contributed by atoms with E-state index >= 15 is 0 Å². The molecule has 1 aromatic carbocycles. The monoisotopic (exact) mass is 354 g/mol. The number of ether oxygens (including phenoxy) is 1. The van der Waals surface area contributed by atoms with Crippen molar-refractivity contribution in [3.63, 3.8) is 0 Å². The number of aryl methyl sites for hydroxylation is 3. The lowest BCUT2D eigenvalue weighted by Gasteiger charge is -2.14. The smallest absolute Gasteiger partial charge is 0.262 e. The summed E-state index contributed by atoms with van der Waals surface area (Å²) in [4.78, 5) is 20.5. The molecule has 130 valence electrons. The summed E-state index contributed by atoms with van der Waals surface area (Å²) < 4.78 is 7.03. The maximum atomic E-state index is 13.3. The summed E-state index contributed by atoms with van der Waals surface area (Å²) in [5.41, 5.74) is 3.47. The fourth-order valence-electron chi connectivity index (χ4n) is 3.63. The summed E-state index contributed by atoms with van der Waals surface area (Å²) in [5.74, 6) is 0.747. The van der Waals surface area contributed by atoms with E-state index in [1.807, 2.05) is 12.1 Å². The SMILES string of the molecule is COCCn1c(-c2cccc(C)c2)nc2sc3c(c2c1=O)CCCC3. The highest BCUT2D eigenvalue weighted by Crippen LogP contribution is 2.34. The topological polar surface area (TPSA) is 44.1 Å². The molecule has 2 heterocycles. The van der Waals surface area contributed by atoms with Crippen LogP contribution in [0.25, 0.3) is 21.6 Å². The fraction of sp³-hybridized carbons (Fsp3) is 0.400. The Morgan fingerprint density at radius 1 is 1.28 bits per heavy atom. The Bertz CT molecular complexity index is 987. The van der Waals surface area contributed by atoms with Gasteiger partial charge in [0.1, 0.15) is 10.7 Å². The lowest BCUT2D eigenvalue weighted by atomic mass is 9.97. The van der Waals surface area contributed by atoms with Crippen LogP contribution < -0.4 is 5.56 Å². The first-order valence-corrected chi connectivity index (χ1v) is 9.61. The van der Waals surface area contributed by atoms with Crippen molar-refractivity contribution in [3.8, 4) is 11.4 Å². The van der Waals surface area contributed by atoms with Crippen molar-refractivity contribution in [1.29, 1.82) is 0 Å². The predicted octanol–water partition coefficient (Wildman–Crippen LogP) is 3.96. The Balaban J connectivity index is 1.99. The van der Waals surface area contributed by atoms with Gasteiger partial charge in [0, 0.05) is 17.6 Å². The molecule has 0 saturated heterocycles. The van der Waals surface area contributed by atoms with Crippen molar-refractivity contribution in [3.05, 3.63) is 50.6 Å². The van der Waals surface area contributed by atoms with Crippen molar-refractivity contribution in [2.24, 2.45) is 0 Å². The molecule has 2 aromatic heterocycles. The molecule has 0 aliphatic heterocycles. The first-order valence-electron chi connectivity index (χ1n) is 8.80. The van der Waals surface area contributed by atoms with Crippen molar-refractivity contribution < 1.29 is 4.74 Å². The quantitative estimate of drug-likeness (QED) is 0.712. The average Bonchev–Trinajstić information content (AvgIpc) is 2.99. The minimum atomic E-state index is 0.0814. The van der Waals surface area contributed by atoms with E-state index in [1.54, 1.807) is 23.0 Å². The van der Waals surface area contributed by atoms with Crippen LogP contribution in [0.2, 0.25) is 0 Å². The summed E-state index contributed by atoms with van der Waals surface area (Å²) in [5, 5.41) is 0.840. The molecule has 5 heteroatoms. The molecule has 0 saturated carbocycles. The fourth-order valence-corrected chi connectivity index (χ4v) is 4.88. The maximum absolute atomic E-state index is 13.3. The number of hydrogen-bond donors (Lipinski definition) is 0. The van der Waals surface area contributed by atoms with Gasteiger partial charge >= 0.3 is 0 Å². The first-order chi connectivity index (χ1) is 12.2. The van der Waals surface area contributed by atoms with Gasteiger partial charge in [-0.1, -0.05) is 23.8 Å². The van der Waals surface area contributed by atoms with Crippen LogP contribution in [-0.4, -0.2) is 23.3 Å². The van der Waals surface area contributed by atoms with Crippen LogP contribution in [0.15, 0.2) is 29.1 Å². The van der Waals surface area contributed by atoms with E-state index < -0.39 is 0 Å². The lowest BCUT2D eigenvalue weighted by Crippen LogP contribution is -2.25.